The first-order valence-electron chi connectivity index (χ1n) is 7.84. The maximum Gasteiger partial charge on any atom is 0.230 e. The topological polar surface area (TPSA) is 76.4 Å². The molecule has 23 heavy (non-hydrogen) atoms. The molecule has 0 saturated carbocycles. The molecule has 2 fully saturated rings. The summed E-state index contributed by atoms with van der Waals surface area (Å²) >= 11 is 0. The van der Waals surface area contributed by atoms with Gasteiger partial charge in [0.15, 0.2) is 0 Å². The van der Waals surface area contributed by atoms with Gasteiger partial charge >= 0.3 is 0 Å². The molecule has 1 unspecified atom stereocenters. The van der Waals surface area contributed by atoms with Crippen LogP contribution in [0.15, 0.2) is 24.3 Å². The number of nitrogens with one attached hydrogen (secondary N) is 1. The second-order valence-corrected chi connectivity index (χ2v) is 6.42. The van der Waals surface area contributed by atoms with Crippen molar-refractivity contribution in [2.24, 2.45) is 5.41 Å². The number of hydrogen-bond donors (Lipinski definition) is 1. The number of hydrogen-bond acceptors (Lipinski definition) is 4. The molecule has 0 aliphatic carbocycles. The van der Waals surface area contributed by atoms with Crippen molar-refractivity contribution in [1.29, 1.82) is 5.26 Å². The number of nitriles is 1. The highest BCUT2D eigenvalue weighted by Crippen LogP contribution is 2.29. The minimum atomic E-state index is -0.621. The molecule has 1 aromatic carbocycles. The lowest BCUT2D eigenvalue weighted by molar-refractivity contribution is -0.141. The highest BCUT2D eigenvalue weighted by molar-refractivity contribution is 5.92. The zero-order valence-electron chi connectivity index (χ0n) is 13.2. The SMILES string of the molecule is CC1(C(=O)N2CCN(c3ccccc3C#N)CC2)CNC(=O)C1. The average Bonchev–Trinajstić information content (AvgIpc) is 2.94. The number of nitrogens with zero attached hydrogens (tertiary/aromatic N) is 3. The lowest BCUT2D eigenvalue weighted by atomic mass is 9.87. The van der Waals surface area contributed by atoms with Crippen LogP contribution in [0.5, 0.6) is 0 Å². The molecule has 2 heterocycles. The van der Waals surface area contributed by atoms with Crippen LogP contribution >= 0.6 is 0 Å². The van der Waals surface area contributed by atoms with Crippen LogP contribution in [0.3, 0.4) is 0 Å². The fraction of sp³-hybridized carbons (Fsp3) is 0.471. The Kier molecular flexibility index (Phi) is 3.95. The van der Waals surface area contributed by atoms with E-state index in [1.165, 1.54) is 0 Å². The molecule has 6 heteroatoms. The number of carbonyl (C=O) groups is 2. The predicted molar refractivity (Wildman–Crippen MR) is 85.7 cm³/mol. The molecule has 0 aromatic heterocycles. The number of amides is 2. The van der Waals surface area contributed by atoms with Gasteiger partial charge in [-0.05, 0) is 19.1 Å². The Morgan fingerprint density at radius 2 is 1.96 bits per heavy atom. The third-order valence-electron chi connectivity index (χ3n) is 4.67. The number of benzene rings is 1. The Morgan fingerprint density at radius 3 is 2.57 bits per heavy atom. The Balaban J connectivity index is 1.66. The minimum absolute atomic E-state index is 0.0454. The second kappa shape index (κ2) is 5.92. The van der Waals surface area contributed by atoms with Crippen molar-refractivity contribution in [1.82, 2.24) is 10.2 Å². The third-order valence-corrected chi connectivity index (χ3v) is 4.67. The van der Waals surface area contributed by atoms with Gasteiger partial charge in [-0.25, -0.2) is 0 Å². The molecule has 0 bridgehead atoms. The van der Waals surface area contributed by atoms with E-state index < -0.39 is 5.41 Å². The summed E-state index contributed by atoms with van der Waals surface area (Å²) in [5.74, 6) is -0.00787. The molecule has 3 rings (SSSR count). The van der Waals surface area contributed by atoms with E-state index in [4.69, 9.17) is 0 Å². The van der Waals surface area contributed by atoms with E-state index in [1.54, 1.807) is 0 Å². The fourth-order valence-electron chi connectivity index (χ4n) is 3.30. The van der Waals surface area contributed by atoms with E-state index in [-0.39, 0.29) is 18.2 Å². The quantitative estimate of drug-likeness (QED) is 0.873. The second-order valence-electron chi connectivity index (χ2n) is 6.42. The third kappa shape index (κ3) is 2.87. The summed E-state index contributed by atoms with van der Waals surface area (Å²) < 4.78 is 0. The smallest absolute Gasteiger partial charge is 0.230 e. The first kappa shape index (κ1) is 15.3. The fourth-order valence-corrected chi connectivity index (χ4v) is 3.30. The van der Waals surface area contributed by atoms with Crippen molar-refractivity contribution in [3.8, 4) is 6.07 Å². The van der Waals surface area contributed by atoms with Gasteiger partial charge in [0.25, 0.3) is 0 Å². The molecule has 2 amide bonds. The zero-order chi connectivity index (χ0) is 16.4. The molecule has 1 atom stereocenters. The van der Waals surface area contributed by atoms with Gasteiger partial charge in [0.05, 0.1) is 16.7 Å². The van der Waals surface area contributed by atoms with Crippen LogP contribution in [-0.2, 0) is 9.59 Å². The van der Waals surface area contributed by atoms with Crippen LogP contribution < -0.4 is 10.2 Å². The normalized spacial score (nSPS) is 24.3. The van der Waals surface area contributed by atoms with Gasteiger partial charge in [0.1, 0.15) is 6.07 Å². The highest BCUT2D eigenvalue weighted by atomic mass is 16.2. The van der Waals surface area contributed by atoms with E-state index in [1.807, 2.05) is 36.1 Å². The van der Waals surface area contributed by atoms with Gasteiger partial charge in [-0.1, -0.05) is 12.1 Å². The Morgan fingerprint density at radius 1 is 1.26 bits per heavy atom. The molecule has 2 aliphatic rings. The number of para-hydroxylation sites is 1. The summed E-state index contributed by atoms with van der Waals surface area (Å²) in [5.41, 5.74) is 0.958. The molecule has 6 nitrogen and oxygen atoms in total. The van der Waals surface area contributed by atoms with Gasteiger partial charge in [0, 0.05) is 39.1 Å². The molecular formula is C17H20N4O2. The van der Waals surface area contributed by atoms with Crippen molar-refractivity contribution in [2.45, 2.75) is 13.3 Å². The molecule has 1 aromatic rings. The maximum atomic E-state index is 12.7. The molecule has 0 spiro atoms. The number of rotatable bonds is 2. The predicted octanol–water partition coefficient (Wildman–Crippen LogP) is 0.733. The summed E-state index contributed by atoms with van der Waals surface area (Å²) in [4.78, 5) is 28.1. The first-order valence-corrected chi connectivity index (χ1v) is 7.84. The van der Waals surface area contributed by atoms with Crippen LogP contribution in [-0.4, -0.2) is 49.4 Å². The van der Waals surface area contributed by atoms with Gasteiger partial charge in [0.2, 0.25) is 11.8 Å². The van der Waals surface area contributed by atoms with E-state index >= 15 is 0 Å². The van der Waals surface area contributed by atoms with Gasteiger partial charge < -0.3 is 15.1 Å². The van der Waals surface area contributed by atoms with E-state index in [0.717, 1.165) is 5.69 Å². The lowest BCUT2D eigenvalue weighted by Gasteiger charge is -2.39. The van der Waals surface area contributed by atoms with E-state index in [2.05, 4.69) is 16.3 Å². The summed E-state index contributed by atoms with van der Waals surface area (Å²) in [6.45, 7) is 4.89. The van der Waals surface area contributed by atoms with Crippen LogP contribution in [0.1, 0.15) is 18.9 Å². The summed E-state index contributed by atoms with van der Waals surface area (Å²) in [7, 11) is 0. The summed E-state index contributed by atoms with van der Waals surface area (Å²) in [5, 5.41) is 12.0. The van der Waals surface area contributed by atoms with Crippen molar-refractivity contribution >= 4 is 17.5 Å². The van der Waals surface area contributed by atoms with Crippen LogP contribution in [0.2, 0.25) is 0 Å². The molecule has 1 N–H and O–H groups in total. The van der Waals surface area contributed by atoms with E-state index in [0.29, 0.717) is 38.3 Å². The van der Waals surface area contributed by atoms with Gasteiger partial charge in [-0.15, -0.1) is 0 Å². The van der Waals surface area contributed by atoms with Crippen molar-refractivity contribution in [3.63, 3.8) is 0 Å². The van der Waals surface area contributed by atoms with Crippen LogP contribution in [0, 0.1) is 16.7 Å². The largest absolute Gasteiger partial charge is 0.367 e. The Bertz CT molecular complexity index is 673. The summed E-state index contributed by atoms with van der Waals surface area (Å²) in [6.07, 6.45) is 0.267. The molecule has 120 valence electrons. The molecule has 0 radical (unpaired) electrons. The van der Waals surface area contributed by atoms with Crippen molar-refractivity contribution in [3.05, 3.63) is 29.8 Å². The minimum Gasteiger partial charge on any atom is -0.367 e. The number of piperazine rings is 1. The monoisotopic (exact) mass is 312 g/mol. The van der Waals surface area contributed by atoms with Crippen LogP contribution in [0.4, 0.5) is 5.69 Å². The molecule has 2 saturated heterocycles. The lowest BCUT2D eigenvalue weighted by Crippen LogP contribution is -2.53. The molecule has 2 aliphatic heterocycles. The Hall–Kier alpha value is -2.55. The number of carbonyl (C=O) groups excluding carboxylic acids is 2. The van der Waals surface area contributed by atoms with Crippen molar-refractivity contribution in [2.75, 3.05) is 37.6 Å². The standard InChI is InChI=1S/C17H20N4O2/c1-17(10-15(22)19-12-17)16(23)21-8-6-20(7-9-21)14-5-3-2-4-13(14)11-18/h2-5H,6-10,12H2,1H3,(H,19,22). The Labute approximate surface area is 135 Å². The molecular weight excluding hydrogens is 292 g/mol. The highest BCUT2D eigenvalue weighted by Gasteiger charge is 2.43. The number of anilines is 1. The average molecular weight is 312 g/mol. The van der Waals surface area contributed by atoms with Gasteiger partial charge in [-0.2, -0.15) is 5.26 Å². The summed E-state index contributed by atoms with van der Waals surface area (Å²) in [6, 6.07) is 9.74. The maximum absolute atomic E-state index is 12.7. The van der Waals surface area contributed by atoms with Crippen molar-refractivity contribution < 1.29 is 9.59 Å². The van der Waals surface area contributed by atoms with Gasteiger partial charge in [-0.3, -0.25) is 9.59 Å². The van der Waals surface area contributed by atoms with Crippen LogP contribution in [0.25, 0.3) is 0 Å². The zero-order valence-corrected chi connectivity index (χ0v) is 13.2. The van der Waals surface area contributed by atoms with E-state index in [9.17, 15) is 14.9 Å². The first-order chi connectivity index (χ1) is 11.0.